The van der Waals surface area contributed by atoms with Crippen LogP contribution in [0.3, 0.4) is 0 Å². The van der Waals surface area contributed by atoms with Gasteiger partial charge < -0.3 is 16.0 Å². The lowest BCUT2D eigenvalue weighted by Crippen LogP contribution is -2.23. The molecule has 0 atom stereocenters. The molecular weight excluding hydrogens is 316 g/mol. The lowest BCUT2D eigenvalue weighted by molar-refractivity contribution is 0.0950. The molecule has 1 aromatic carbocycles. The number of pyridine rings is 1. The Morgan fingerprint density at radius 3 is 2.84 bits per heavy atom. The number of fused-ring (bicyclic) bond motifs is 1. The molecule has 0 saturated heterocycles. The minimum absolute atomic E-state index is 0.186. The standard InChI is InChI=1S/C18H22N6O/c1-4-24-16-15(22-18(24)19)9-13(11-20-16)17(25)21-10-12-6-5-7-14(8-12)23(2)3/h5-9,11H,4,10H2,1-3H3,(H2,19,22)(H,21,25). The number of nitrogen functional groups attached to an aromatic ring is 1. The number of nitrogens with zero attached hydrogens (tertiary/aromatic N) is 4. The van der Waals surface area contributed by atoms with Crippen LogP contribution in [-0.4, -0.2) is 34.5 Å². The highest BCUT2D eigenvalue weighted by Gasteiger charge is 2.12. The van der Waals surface area contributed by atoms with Crippen LogP contribution in [0.15, 0.2) is 36.5 Å². The minimum Gasteiger partial charge on any atom is -0.378 e. The molecule has 2 heterocycles. The molecule has 0 aliphatic rings. The Bertz CT molecular complexity index is 915. The van der Waals surface area contributed by atoms with Crippen molar-refractivity contribution < 1.29 is 4.79 Å². The van der Waals surface area contributed by atoms with Crippen LogP contribution in [0.25, 0.3) is 11.2 Å². The van der Waals surface area contributed by atoms with E-state index in [-0.39, 0.29) is 5.91 Å². The summed E-state index contributed by atoms with van der Waals surface area (Å²) in [7, 11) is 3.97. The first-order valence-corrected chi connectivity index (χ1v) is 8.15. The number of benzene rings is 1. The number of carbonyl (C=O) groups excluding carboxylic acids is 1. The van der Waals surface area contributed by atoms with E-state index >= 15 is 0 Å². The molecule has 0 fully saturated rings. The van der Waals surface area contributed by atoms with Crippen molar-refractivity contribution in [2.45, 2.75) is 20.0 Å². The number of amides is 1. The summed E-state index contributed by atoms with van der Waals surface area (Å²) in [4.78, 5) is 23.0. The van der Waals surface area contributed by atoms with Gasteiger partial charge in [0, 0.05) is 39.1 Å². The van der Waals surface area contributed by atoms with Crippen LogP contribution >= 0.6 is 0 Å². The third kappa shape index (κ3) is 3.40. The first-order chi connectivity index (χ1) is 12.0. The van der Waals surface area contributed by atoms with Gasteiger partial charge in [-0.15, -0.1) is 0 Å². The number of hydrogen-bond acceptors (Lipinski definition) is 5. The van der Waals surface area contributed by atoms with Gasteiger partial charge in [0.1, 0.15) is 5.52 Å². The van der Waals surface area contributed by atoms with Crippen LogP contribution in [0, 0.1) is 0 Å². The van der Waals surface area contributed by atoms with Crippen LogP contribution in [-0.2, 0) is 13.1 Å². The summed E-state index contributed by atoms with van der Waals surface area (Å²) in [5.74, 6) is 0.220. The average Bonchev–Trinajstić information content (AvgIpc) is 2.93. The Balaban J connectivity index is 1.75. The molecule has 3 N–H and O–H groups in total. The topological polar surface area (TPSA) is 89.1 Å². The van der Waals surface area contributed by atoms with Crippen molar-refractivity contribution in [3.63, 3.8) is 0 Å². The van der Waals surface area contributed by atoms with Crippen molar-refractivity contribution in [2.24, 2.45) is 0 Å². The van der Waals surface area contributed by atoms with E-state index in [1.165, 1.54) is 0 Å². The zero-order chi connectivity index (χ0) is 18.0. The van der Waals surface area contributed by atoms with Crippen LogP contribution in [0.2, 0.25) is 0 Å². The summed E-state index contributed by atoms with van der Waals surface area (Å²) in [5, 5.41) is 2.92. The van der Waals surface area contributed by atoms with Crippen molar-refractivity contribution >= 4 is 28.7 Å². The van der Waals surface area contributed by atoms with Gasteiger partial charge in [-0.05, 0) is 30.7 Å². The molecule has 7 nitrogen and oxygen atoms in total. The lowest BCUT2D eigenvalue weighted by Gasteiger charge is -2.13. The van der Waals surface area contributed by atoms with E-state index < -0.39 is 0 Å². The molecule has 2 aromatic heterocycles. The van der Waals surface area contributed by atoms with E-state index in [0.717, 1.165) is 11.3 Å². The molecule has 3 rings (SSSR count). The summed E-state index contributed by atoms with van der Waals surface area (Å²) in [6.45, 7) is 3.11. The fourth-order valence-corrected chi connectivity index (χ4v) is 2.69. The lowest BCUT2D eigenvalue weighted by atomic mass is 10.2. The van der Waals surface area contributed by atoms with Gasteiger partial charge in [-0.2, -0.15) is 0 Å². The number of nitrogens with two attached hydrogens (primary N) is 1. The zero-order valence-electron chi connectivity index (χ0n) is 14.7. The molecule has 0 aliphatic carbocycles. The maximum Gasteiger partial charge on any atom is 0.253 e. The molecule has 1 amide bonds. The van der Waals surface area contributed by atoms with E-state index in [2.05, 4.69) is 15.3 Å². The van der Waals surface area contributed by atoms with E-state index in [9.17, 15) is 4.79 Å². The number of rotatable bonds is 5. The van der Waals surface area contributed by atoms with Gasteiger partial charge >= 0.3 is 0 Å². The fourth-order valence-electron chi connectivity index (χ4n) is 2.69. The van der Waals surface area contributed by atoms with Crippen LogP contribution in [0.1, 0.15) is 22.8 Å². The predicted octanol–water partition coefficient (Wildman–Crippen LogP) is 2.03. The van der Waals surface area contributed by atoms with Gasteiger partial charge in [-0.1, -0.05) is 12.1 Å². The first kappa shape index (κ1) is 16.8. The SMILES string of the molecule is CCn1c(N)nc2cc(C(=O)NCc3cccc(N(C)C)c3)cnc21. The molecular formula is C18H22N6O. The van der Waals surface area contributed by atoms with E-state index in [1.54, 1.807) is 12.3 Å². The second kappa shape index (κ2) is 6.80. The highest BCUT2D eigenvalue weighted by molar-refractivity contribution is 5.96. The molecule has 7 heteroatoms. The number of aryl methyl sites for hydroxylation is 1. The molecule has 0 unspecified atom stereocenters. The van der Waals surface area contributed by atoms with Crippen molar-refractivity contribution in [3.8, 4) is 0 Å². The Morgan fingerprint density at radius 2 is 2.12 bits per heavy atom. The van der Waals surface area contributed by atoms with Gasteiger partial charge in [-0.25, -0.2) is 9.97 Å². The second-order valence-electron chi connectivity index (χ2n) is 6.03. The fraction of sp³-hybridized carbons (Fsp3) is 0.278. The van der Waals surface area contributed by atoms with Crippen molar-refractivity contribution in [1.82, 2.24) is 19.9 Å². The Hall–Kier alpha value is -3.09. The van der Waals surface area contributed by atoms with Crippen molar-refractivity contribution in [1.29, 1.82) is 0 Å². The Kier molecular flexibility index (Phi) is 4.56. The van der Waals surface area contributed by atoms with Crippen LogP contribution in [0.4, 0.5) is 11.6 Å². The summed E-state index contributed by atoms with van der Waals surface area (Å²) in [6, 6.07) is 9.75. The number of carbonyl (C=O) groups is 1. The quantitative estimate of drug-likeness (QED) is 0.743. The summed E-state index contributed by atoms with van der Waals surface area (Å²) >= 11 is 0. The maximum absolute atomic E-state index is 12.4. The zero-order valence-corrected chi connectivity index (χ0v) is 14.7. The minimum atomic E-state index is -0.186. The number of hydrogen-bond donors (Lipinski definition) is 2. The first-order valence-electron chi connectivity index (χ1n) is 8.15. The molecule has 0 bridgehead atoms. The van der Waals surface area contributed by atoms with E-state index in [4.69, 9.17) is 5.73 Å². The molecule has 0 radical (unpaired) electrons. The van der Waals surface area contributed by atoms with Gasteiger partial charge in [-0.3, -0.25) is 9.36 Å². The second-order valence-corrected chi connectivity index (χ2v) is 6.03. The molecule has 25 heavy (non-hydrogen) atoms. The molecule has 130 valence electrons. The third-order valence-electron chi connectivity index (χ3n) is 4.07. The van der Waals surface area contributed by atoms with E-state index in [0.29, 0.717) is 35.8 Å². The normalized spacial score (nSPS) is 10.8. The third-order valence-corrected chi connectivity index (χ3v) is 4.07. The highest BCUT2D eigenvalue weighted by Crippen LogP contribution is 2.17. The number of aromatic nitrogens is 3. The average molecular weight is 338 g/mol. The monoisotopic (exact) mass is 338 g/mol. The molecule has 0 spiro atoms. The molecule has 0 aliphatic heterocycles. The van der Waals surface area contributed by atoms with Gasteiger partial charge in [0.25, 0.3) is 5.91 Å². The van der Waals surface area contributed by atoms with Crippen LogP contribution < -0.4 is 16.0 Å². The van der Waals surface area contributed by atoms with Crippen molar-refractivity contribution in [3.05, 3.63) is 47.7 Å². The summed E-state index contributed by atoms with van der Waals surface area (Å²) in [6.07, 6.45) is 1.56. The van der Waals surface area contributed by atoms with E-state index in [1.807, 2.05) is 54.8 Å². The number of imidazole rings is 1. The van der Waals surface area contributed by atoms with Crippen LogP contribution in [0.5, 0.6) is 0 Å². The predicted molar refractivity (Wildman–Crippen MR) is 99.6 cm³/mol. The molecule has 0 saturated carbocycles. The summed E-state index contributed by atoms with van der Waals surface area (Å²) < 4.78 is 1.81. The maximum atomic E-state index is 12.4. The Morgan fingerprint density at radius 1 is 1.32 bits per heavy atom. The Labute approximate surface area is 146 Å². The van der Waals surface area contributed by atoms with Crippen molar-refractivity contribution in [2.75, 3.05) is 24.7 Å². The smallest absolute Gasteiger partial charge is 0.253 e. The summed E-state index contributed by atoms with van der Waals surface area (Å²) in [5.41, 5.74) is 9.78. The largest absolute Gasteiger partial charge is 0.378 e. The highest BCUT2D eigenvalue weighted by atomic mass is 16.1. The van der Waals surface area contributed by atoms with Gasteiger partial charge in [0.05, 0.1) is 5.56 Å². The molecule has 3 aromatic rings. The van der Waals surface area contributed by atoms with Gasteiger partial charge in [0.2, 0.25) is 5.95 Å². The number of anilines is 2. The number of nitrogens with one attached hydrogen (secondary N) is 1. The van der Waals surface area contributed by atoms with Gasteiger partial charge in [0.15, 0.2) is 5.65 Å².